The minimum absolute atomic E-state index is 0.183. The zero-order valence-electron chi connectivity index (χ0n) is 14.5. The van der Waals surface area contributed by atoms with Crippen LogP contribution >= 0.6 is 0 Å². The summed E-state index contributed by atoms with van der Waals surface area (Å²) in [5, 5.41) is 2.90. The van der Waals surface area contributed by atoms with Gasteiger partial charge in [-0.15, -0.1) is 0 Å². The lowest BCUT2D eigenvalue weighted by Crippen LogP contribution is -2.13. The van der Waals surface area contributed by atoms with Gasteiger partial charge in [0, 0.05) is 22.8 Å². The van der Waals surface area contributed by atoms with Crippen molar-refractivity contribution in [2.24, 2.45) is 0 Å². The van der Waals surface area contributed by atoms with Crippen LogP contribution in [0.5, 0.6) is 0 Å². The van der Waals surface area contributed by atoms with E-state index in [1.807, 2.05) is 50.2 Å². The molecule has 0 saturated carbocycles. The number of rotatable bonds is 3. The van der Waals surface area contributed by atoms with Gasteiger partial charge in [0.1, 0.15) is 0 Å². The van der Waals surface area contributed by atoms with Gasteiger partial charge in [-0.25, -0.2) is 4.79 Å². The van der Waals surface area contributed by atoms with Gasteiger partial charge in [0.25, 0.3) is 5.91 Å². The molecule has 3 N–H and O–H groups in total. The first-order valence-electron chi connectivity index (χ1n) is 8.31. The summed E-state index contributed by atoms with van der Waals surface area (Å²) in [4.78, 5) is 29.5. The SMILES string of the molecule is Cc1cc(C(=O)Nc2ccc3[nH]c(=O)[nH]c3c2)c(C)n1-c1ccccc1. The summed E-state index contributed by atoms with van der Waals surface area (Å²) in [5.74, 6) is -0.183. The lowest BCUT2D eigenvalue weighted by atomic mass is 10.2. The standard InChI is InChI=1S/C20H18N4O2/c1-12-10-16(13(2)24(12)15-6-4-3-5-7-15)19(25)21-14-8-9-17-18(11-14)23-20(26)22-17/h3-11H,1-2H3,(H,21,25)(H2,22,23,26). The largest absolute Gasteiger partial charge is 0.323 e. The molecule has 130 valence electrons. The fourth-order valence-corrected chi connectivity index (χ4v) is 3.28. The molecular formula is C20H18N4O2. The van der Waals surface area contributed by atoms with E-state index in [2.05, 4.69) is 19.9 Å². The summed E-state index contributed by atoms with van der Waals surface area (Å²) in [7, 11) is 0. The van der Waals surface area contributed by atoms with Crippen molar-refractivity contribution in [3.63, 3.8) is 0 Å². The van der Waals surface area contributed by atoms with E-state index in [4.69, 9.17) is 0 Å². The van der Waals surface area contributed by atoms with Crippen LogP contribution in [-0.2, 0) is 0 Å². The average molecular weight is 346 g/mol. The smallest absolute Gasteiger partial charge is 0.322 e. The molecule has 1 amide bonds. The Morgan fingerprint density at radius 2 is 1.69 bits per heavy atom. The average Bonchev–Trinajstić information content (AvgIpc) is 3.13. The van der Waals surface area contributed by atoms with Gasteiger partial charge < -0.3 is 19.9 Å². The van der Waals surface area contributed by atoms with E-state index in [1.54, 1.807) is 18.2 Å². The molecule has 0 aliphatic heterocycles. The molecule has 0 saturated heterocycles. The third-order valence-corrected chi connectivity index (χ3v) is 4.46. The first-order chi connectivity index (χ1) is 12.5. The van der Waals surface area contributed by atoms with Crippen LogP contribution in [0.15, 0.2) is 59.4 Å². The van der Waals surface area contributed by atoms with E-state index in [0.29, 0.717) is 22.3 Å². The summed E-state index contributed by atoms with van der Waals surface area (Å²) in [6.45, 7) is 3.91. The highest BCUT2D eigenvalue weighted by Gasteiger charge is 2.17. The number of amides is 1. The zero-order chi connectivity index (χ0) is 18.3. The number of nitrogens with zero attached hydrogens (tertiary/aromatic N) is 1. The Hall–Kier alpha value is -3.54. The van der Waals surface area contributed by atoms with Crippen molar-refractivity contribution in [2.45, 2.75) is 13.8 Å². The van der Waals surface area contributed by atoms with Crippen LogP contribution in [-0.4, -0.2) is 20.4 Å². The Bertz CT molecular complexity index is 1170. The van der Waals surface area contributed by atoms with Crippen LogP contribution in [0.2, 0.25) is 0 Å². The second kappa shape index (κ2) is 6.07. The first-order valence-corrected chi connectivity index (χ1v) is 8.31. The third kappa shape index (κ3) is 2.71. The number of carbonyl (C=O) groups excluding carboxylic acids is 1. The molecule has 0 fully saturated rings. The van der Waals surface area contributed by atoms with Crippen molar-refractivity contribution in [2.75, 3.05) is 5.32 Å². The Labute approximate surface area is 149 Å². The molecule has 4 rings (SSSR count). The second-order valence-electron chi connectivity index (χ2n) is 6.25. The van der Waals surface area contributed by atoms with Gasteiger partial charge in [0.2, 0.25) is 0 Å². The topological polar surface area (TPSA) is 82.7 Å². The number of aromatic nitrogens is 3. The summed E-state index contributed by atoms with van der Waals surface area (Å²) in [5.41, 5.74) is 5.23. The highest BCUT2D eigenvalue weighted by atomic mass is 16.2. The van der Waals surface area contributed by atoms with E-state index >= 15 is 0 Å². The van der Waals surface area contributed by atoms with Gasteiger partial charge in [-0.2, -0.15) is 0 Å². The maximum Gasteiger partial charge on any atom is 0.323 e. The van der Waals surface area contributed by atoms with Crippen molar-refractivity contribution in [3.05, 3.63) is 82.0 Å². The Balaban J connectivity index is 1.66. The summed E-state index contributed by atoms with van der Waals surface area (Å²) in [6.07, 6.45) is 0. The summed E-state index contributed by atoms with van der Waals surface area (Å²) >= 11 is 0. The molecule has 0 bridgehead atoms. The number of benzene rings is 2. The predicted molar refractivity (Wildman–Crippen MR) is 102 cm³/mol. The van der Waals surface area contributed by atoms with Crippen molar-refractivity contribution >= 4 is 22.6 Å². The molecule has 2 aromatic carbocycles. The quantitative estimate of drug-likeness (QED) is 0.530. The number of imidazole rings is 1. The maximum atomic E-state index is 12.8. The van der Waals surface area contributed by atoms with Crippen molar-refractivity contribution in [3.8, 4) is 5.69 Å². The molecule has 26 heavy (non-hydrogen) atoms. The summed E-state index contributed by atoms with van der Waals surface area (Å²) < 4.78 is 2.06. The number of aromatic amines is 2. The molecule has 0 spiro atoms. The van der Waals surface area contributed by atoms with Gasteiger partial charge in [-0.3, -0.25) is 4.79 Å². The van der Waals surface area contributed by atoms with E-state index in [-0.39, 0.29) is 11.6 Å². The molecule has 2 aromatic heterocycles. The van der Waals surface area contributed by atoms with Crippen molar-refractivity contribution in [1.29, 1.82) is 0 Å². The Kier molecular flexibility index (Phi) is 3.73. The van der Waals surface area contributed by atoms with Gasteiger partial charge >= 0.3 is 5.69 Å². The number of anilines is 1. The van der Waals surface area contributed by atoms with E-state index in [9.17, 15) is 9.59 Å². The molecule has 2 heterocycles. The normalized spacial score (nSPS) is 11.0. The zero-order valence-corrected chi connectivity index (χ0v) is 14.5. The van der Waals surface area contributed by atoms with Crippen LogP contribution in [0, 0.1) is 13.8 Å². The van der Waals surface area contributed by atoms with E-state index < -0.39 is 0 Å². The molecule has 0 atom stereocenters. The highest BCUT2D eigenvalue weighted by Crippen LogP contribution is 2.22. The monoisotopic (exact) mass is 346 g/mol. The number of H-pyrrole nitrogens is 2. The van der Waals surface area contributed by atoms with Crippen LogP contribution in [0.25, 0.3) is 16.7 Å². The van der Waals surface area contributed by atoms with E-state index in [0.717, 1.165) is 17.1 Å². The van der Waals surface area contributed by atoms with Crippen LogP contribution in [0.4, 0.5) is 5.69 Å². The van der Waals surface area contributed by atoms with Gasteiger partial charge in [-0.05, 0) is 50.2 Å². The molecule has 0 aliphatic rings. The molecule has 6 heteroatoms. The Morgan fingerprint density at radius 3 is 2.46 bits per heavy atom. The lowest BCUT2D eigenvalue weighted by molar-refractivity contribution is 0.102. The number of para-hydroxylation sites is 1. The fraction of sp³-hybridized carbons (Fsp3) is 0.100. The summed E-state index contributed by atoms with van der Waals surface area (Å²) in [6, 6.07) is 17.1. The number of hydrogen-bond donors (Lipinski definition) is 3. The molecule has 6 nitrogen and oxygen atoms in total. The van der Waals surface area contributed by atoms with Gasteiger partial charge in [-0.1, -0.05) is 18.2 Å². The number of fused-ring (bicyclic) bond motifs is 1. The maximum absolute atomic E-state index is 12.8. The van der Waals surface area contributed by atoms with E-state index in [1.165, 1.54) is 0 Å². The molecular weight excluding hydrogens is 328 g/mol. The van der Waals surface area contributed by atoms with Crippen molar-refractivity contribution < 1.29 is 4.79 Å². The second-order valence-corrected chi connectivity index (χ2v) is 6.25. The lowest BCUT2D eigenvalue weighted by Gasteiger charge is -2.10. The first kappa shape index (κ1) is 16.0. The number of carbonyl (C=O) groups is 1. The molecule has 0 aliphatic carbocycles. The fourth-order valence-electron chi connectivity index (χ4n) is 3.28. The minimum atomic E-state index is -0.269. The number of nitrogens with one attached hydrogen (secondary N) is 3. The number of hydrogen-bond acceptors (Lipinski definition) is 2. The van der Waals surface area contributed by atoms with Crippen LogP contribution < -0.4 is 11.0 Å². The molecule has 0 unspecified atom stereocenters. The van der Waals surface area contributed by atoms with Crippen molar-refractivity contribution in [1.82, 2.24) is 14.5 Å². The molecule has 4 aromatic rings. The third-order valence-electron chi connectivity index (χ3n) is 4.46. The Morgan fingerprint density at radius 1 is 0.962 bits per heavy atom. The van der Waals surface area contributed by atoms with Gasteiger partial charge in [0.05, 0.1) is 16.6 Å². The van der Waals surface area contributed by atoms with Crippen LogP contribution in [0.1, 0.15) is 21.7 Å². The predicted octanol–water partition coefficient (Wildman–Crippen LogP) is 3.52. The minimum Gasteiger partial charge on any atom is -0.322 e. The molecule has 0 radical (unpaired) electrons. The van der Waals surface area contributed by atoms with Gasteiger partial charge in [0.15, 0.2) is 0 Å². The van der Waals surface area contributed by atoms with Crippen LogP contribution in [0.3, 0.4) is 0 Å². The number of aryl methyl sites for hydroxylation is 1. The highest BCUT2D eigenvalue weighted by molar-refractivity contribution is 6.06.